The van der Waals surface area contributed by atoms with Gasteiger partial charge < -0.3 is 14.7 Å². The molecule has 0 bridgehead atoms. The van der Waals surface area contributed by atoms with Crippen molar-refractivity contribution in [2.45, 2.75) is 36.8 Å². The second kappa shape index (κ2) is 12.6. The smallest absolute Gasteiger partial charge is 0.308 e. The number of hydrogen-bond donors (Lipinski definition) is 1. The number of carboxylic acid groups (broad SMARTS) is 1. The number of fused-ring (bicyclic) bond motifs is 1. The van der Waals surface area contributed by atoms with Crippen LogP contribution in [-0.4, -0.2) is 53.5 Å². The van der Waals surface area contributed by atoms with Gasteiger partial charge in [-0.25, -0.2) is 13.2 Å². The van der Waals surface area contributed by atoms with Crippen molar-refractivity contribution in [3.8, 4) is 5.75 Å². The van der Waals surface area contributed by atoms with E-state index in [1.165, 1.54) is 17.8 Å². The summed E-state index contributed by atoms with van der Waals surface area (Å²) in [5.41, 5.74) is 1.23. The fourth-order valence-electron chi connectivity index (χ4n) is 5.02. The molecule has 3 atom stereocenters. The molecule has 1 aromatic heterocycles. The van der Waals surface area contributed by atoms with E-state index >= 15 is 4.39 Å². The maximum atomic E-state index is 15.4. The van der Waals surface area contributed by atoms with Gasteiger partial charge >= 0.3 is 5.97 Å². The number of halogens is 3. The van der Waals surface area contributed by atoms with Gasteiger partial charge in [-0.3, -0.25) is 9.78 Å². The number of carboxylic acids is 1. The van der Waals surface area contributed by atoms with E-state index in [1.807, 2.05) is 0 Å². The molecular weight excluding hydrogens is 501 g/mol. The number of aliphatic carboxylic acids is 1. The summed E-state index contributed by atoms with van der Waals surface area (Å²) in [6.07, 6.45) is 2.49. The molecular formula is C28H31F3N2O3S. The first-order chi connectivity index (χ1) is 17.9. The number of ether oxygens (including phenoxy) is 1. The highest BCUT2D eigenvalue weighted by molar-refractivity contribution is 7.99. The van der Waals surface area contributed by atoms with Gasteiger partial charge in [-0.1, -0.05) is 6.07 Å². The van der Waals surface area contributed by atoms with Gasteiger partial charge in [0.15, 0.2) is 11.6 Å². The molecule has 1 aliphatic rings. The number of nitrogens with zero attached hydrogens (tertiary/aromatic N) is 2. The number of rotatable bonds is 11. The van der Waals surface area contributed by atoms with Crippen molar-refractivity contribution in [1.82, 2.24) is 9.88 Å². The van der Waals surface area contributed by atoms with Crippen molar-refractivity contribution < 1.29 is 27.8 Å². The van der Waals surface area contributed by atoms with Crippen LogP contribution in [0.5, 0.6) is 5.75 Å². The van der Waals surface area contributed by atoms with Crippen molar-refractivity contribution >= 4 is 28.6 Å². The van der Waals surface area contributed by atoms with Crippen LogP contribution in [0, 0.1) is 23.5 Å². The van der Waals surface area contributed by atoms with E-state index in [-0.39, 0.29) is 17.2 Å². The highest BCUT2D eigenvalue weighted by Crippen LogP contribution is 2.35. The van der Waals surface area contributed by atoms with Gasteiger partial charge in [-0.2, -0.15) is 0 Å². The first-order valence-electron chi connectivity index (χ1n) is 12.5. The zero-order valence-corrected chi connectivity index (χ0v) is 21.5. The van der Waals surface area contributed by atoms with Crippen molar-refractivity contribution in [2.75, 3.05) is 32.5 Å². The van der Waals surface area contributed by atoms with E-state index in [4.69, 9.17) is 4.74 Å². The lowest BCUT2D eigenvalue weighted by Crippen LogP contribution is -2.44. The number of carbonyl (C=O) groups is 1. The number of likely N-dealkylation sites (tertiary alicyclic amines) is 1. The molecule has 1 fully saturated rings. The fourth-order valence-corrected chi connectivity index (χ4v) is 5.92. The fraction of sp³-hybridized carbons (Fsp3) is 0.429. The molecule has 1 N–H and O–H groups in total. The molecule has 37 heavy (non-hydrogen) atoms. The van der Waals surface area contributed by atoms with Gasteiger partial charge in [0.05, 0.1) is 18.5 Å². The molecule has 0 saturated carbocycles. The lowest BCUT2D eigenvalue weighted by molar-refractivity contribution is -0.146. The van der Waals surface area contributed by atoms with Crippen LogP contribution in [0.4, 0.5) is 13.2 Å². The maximum Gasteiger partial charge on any atom is 0.308 e. The number of aromatic nitrogens is 1. The highest BCUT2D eigenvalue weighted by atomic mass is 32.2. The van der Waals surface area contributed by atoms with Gasteiger partial charge in [0, 0.05) is 23.0 Å². The summed E-state index contributed by atoms with van der Waals surface area (Å²) in [6.45, 7) is 1.82. The van der Waals surface area contributed by atoms with Gasteiger partial charge in [-0.05, 0) is 92.4 Å². The molecule has 198 valence electrons. The standard InChI is InChI=1S/C28H31F3N2O3S/c1-36-19-7-9-25-21(16-19)20(10-12-32-25)23(29)8-6-18-11-14-33(17-22(18)28(34)35)13-3-15-37-26-5-2-4-24(30)27(26)31/h2,4-5,7,9-10,12,16,18,22-23H,3,6,8,11,13-15,17H2,1H3,(H,34,35)/t18-,22+,23-/m1/s1. The molecule has 0 aliphatic carbocycles. The third-order valence-electron chi connectivity index (χ3n) is 7.06. The molecule has 5 nitrogen and oxygen atoms in total. The molecule has 0 radical (unpaired) electrons. The summed E-state index contributed by atoms with van der Waals surface area (Å²) in [6, 6.07) is 11.2. The molecule has 1 aliphatic heterocycles. The second-order valence-corrected chi connectivity index (χ2v) is 10.5. The Kier molecular flexibility index (Phi) is 9.32. The summed E-state index contributed by atoms with van der Waals surface area (Å²) in [5.74, 6) is -1.99. The normalized spacial score (nSPS) is 19.1. The van der Waals surface area contributed by atoms with Crippen LogP contribution in [0.25, 0.3) is 10.9 Å². The van der Waals surface area contributed by atoms with Crippen LogP contribution in [0.1, 0.15) is 37.4 Å². The molecule has 3 aromatic rings. The largest absolute Gasteiger partial charge is 0.497 e. The zero-order chi connectivity index (χ0) is 26.4. The topological polar surface area (TPSA) is 62.7 Å². The summed E-state index contributed by atoms with van der Waals surface area (Å²) in [7, 11) is 1.56. The van der Waals surface area contributed by atoms with E-state index in [9.17, 15) is 18.7 Å². The summed E-state index contributed by atoms with van der Waals surface area (Å²) in [5, 5.41) is 10.6. The van der Waals surface area contributed by atoms with Gasteiger partial charge in [-0.15, -0.1) is 11.8 Å². The average Bonchev–Trinajstić information content (AvgIpc) is 2.91. The Morgan fingerprint density at radius 1 is 1.27 bits per heavy atom. The van der Waals surface area contributed by atoms with Crippen LogP contribution < -0.4 is 4.74 Å². The number of piperidine rings is 1. The summed E-state index contributed by atoms with van der Waals surface area (Å²) >= 11 is 1.26. The summed E-state index contributed by atoms with van der Waals surface area (Å²) in [4.78, 5) is 18.7. The number of hydrogen-bond acceptors (Lipinski definition) is 5. The molecule has 2 aromatic carbocycles. The minimum atomic E-state index is -1.23. The first kappa shape index (κ1) is 27.3. The Morgan fingerprint density at radius 2 is 2.11 bits per heavy atom. The SMILES string of the molecule is COc1ccc2nccc([C@H](F)CC[C@@H]3CCN(CCCSc4cccc(F)c4F)C[C@@H]3C(=O)O)c2c1. The van der Waals surface area contributed by atoms with E-state index in [1.54, 1.807) is 43.6 Å². The van der Waals surface area contributed by atoms with Crippen molar-refractivity contribution in [1.29, 1.82) is 0 Å². The first-order valence-corrected chi connectivity index (χ1v) is 13.4. The monoisotopic (exact) mass is 532 g/mol. The predicted molar refractivity (Wildman–Crippen MR) is 139 cm³/mol. The van der Waals surface area contributed by atoms with Crippen molar-refractivity contribution in [3.63, 3.8) is 0 Å². The average molecular weight is 533 g/mol. The van der Waals surface area contributed by atoms with Crippen LogP contribution in [0.15, 0.2) is 53.6 Å². The van der Waals surface area contributed by atoms with Crippen LogP contribution >= 0.6 is 11.8 Å². The number of methoxy groups -OCH3 is 1. The lowest BCUT2D eigenvalue weighted by Gasteiger charge is -2.36. The Labute approximate surface area is 219 Å². The minimum absolute atomic E-state index is 0.106. The minimum Gasteiger partial charge on any atom is -0.497 e. The lowest BCUT2D eigenvalue weighted by atomic mass is 9.81. The predicted octanol–water partition coefficient (Wildman–Crippen LogP) is 6.52. The van der Waals surface area contributed by atoms with Crippen LogP contribution in [0.3, 0.4) is 0 Å². The van der Waals surface area contributed by atoms with Gasteiger partial charge in [0.25, 0.3) is 0 Å². The Morgan fingerprint density at radius 3 is 2.89 bits per heavy atom. The summed E-state index contributed by atoms with van der Waals surface area (Å²) < 4.78 is 47.8. The third-order valence-corrected chi connectivity index (χ3v) is 8.18. The van der Waals surface area contributed by atoms with Gasteiger partial charge in [0.2, 0.25) is 0 Å². The molecule has 4 rings (SSSR count). The third kappa shape index (κ3) is 6.76. The molecule has 0 spiro atoms. The number of benzene rings is 2. The second-order valence-electron chi connectivity index (χ2n) is 9.38. The molecule has 0 amide bonds. The molecule has 2 heterocycles. The zero-order valence-electron chi connectivity index (χ0n) is 20.7. The van der Waals surface area contributed by atoms with Crippen LogP contribution in [0.2, 0.25) is 0 Å². The molecule has 9 heteroatoms. The number of pyridine rings is 1. The van der Waals surface area contributed by atoms with Crippen LogP contribution in [-0.2, 0) is 4.79 Å². The number of alkyl halides is 1. The van der Waals surface area contributed by atoms with Crippen molar-refractivity contribution in [2.24, 2.45) is 11.8 Å². The highest BCUT2D eigenvalue weighted by Gasteiger charge is 2.34. The molecule has 0 unspecified atom stereocenters. The van der Waals surface area contributed by atoms with E-state index in [2.05, 4.69) is 9.88 Å². The van der Waals surface area contributed by atoms with E-state index in [0.717, 1.165) is 19.0 Å². The number of thioether (sulfide) groups is 1. The Bertz CT molecular complexity index is 1230. The van der Waals surface area contributed by atoms with Gasteiger partial charge in [0.1, 0.15) is 11.9 Å². The van der Waals surface area contributed by atoms with E-state index < -0.39 is 29.7 Å². The molecule has 1 saturated heterocycles. The Balaban J connectivity index is 1.30. The Hall–Kier alpha value is -2.78. The maximum absolute atomic E-state index is 15.4. The van der Waals surface area contributed by atoms with E-state index in [0.29, 0.717) is 53.9 Å². The van der Waals surface area contributed by atoms with Crippen molar-refractivity contribution in [3.05, 3.63) is 65.9 Å². The quantitative estimate of drug-likeness (QED) is 0.224.